The van der Waals surface area contributed by atoms with Crippen LogP contribution in [0.5, 0.6) is 0 Å². The van der Waals surface area contributed by atoms with Gasteiger partial charge in [0.15, 0.2) is 0 Å². The van der Waals surface area contributed by atoms with E-state index in [0.717, 1.165) is 20.7 Å². The van der Waals surface area contributed by atoms with E-state index in [1.807, 2.05) is 13.8 Å². The van der Waals surface area contributed by atoms with Gasteiger partial charge in [-0.15, -0.1) is 11.3 Å². The van der Waals surface area contributed by atoms with E-state index in [9.17, 15) is 13.2 Å². The van der Waals surface area contributed by atoms with Gasteiger partial charge in [0.25, 0.3) is 0 Å². The maximum Gasteiger partial charge on any atom is 0.228 e. The first-order valence-electron chi connectivity index (χ1n) is 6.78. The van der Waals surface area contributed by atoms with Gasteiger partial charge >= 0.3 is 0 Å². The van der Waals surface area contributed by atoms with Gasteiger partial charge in [-0.25, -0.2) is 23.5 Å². The summed E-state index contributed by atoms with van der Waals surface area (Å²) in [4.78, 5) is 24.3. The van der Waals surface area contributed by atoms with Crippen LogP contribution in [0.2, 0.25) is 0 Å². The van der Waals surface area contributed by atoms with Crippen LogP contribution in [0.25, 0.3) is 10.2 Å². The first kappa shape index (κ1) is 15.3. The Morgan fingerprint density at radius 3 is 2.82 bits per heavy atom. The van der Waals surface area contributed by atoms with Gasteiger partial charge in [-0.3, -0.25) is 9.69 Å². The third-order valence-electron chi connectivity index (χ3n) is 3.87. The van der Waals surface area contributed by atoms with Gasteiger partial charge in [-0.1, -0.05) is 0 Å². The molecule has 118 valence electrons. The number of nitrogens with zero attached hydrogens (tertiary/aromatic N) is 3. The highest BCUT2D eigenvalue weighted by atomic mass is 32.2. The van der Waals surface area contributed by atoms with Crippen molar-refractivity contribution >= 4 is 43.3 Å². The van der Waals surface area contributed by atoms with Crippen molar-refractivity contribution in [3.63, 3.8) is 0 Å². The number of primary sulfonamides is 1. The molecule has 0 radical (unpaired) electrons. The van der Waals surface area contributed by atoms with E-state index in [2.05, 4.69) is 9.97 Å². The van der Waals surface area contributed by atoms with E-state index in [0.29, 0.717) is 12.4 Å². The normalized spacial score (nSPS) is 19.3. The Morgan fingerprint density at radius 2 is 2.14 bits per heavy atom. The highest BCUT2D eigenvalue weighted by Crippen LogP contribution is 2.36. The highest BCUT2D eigenvalue weighted by Gasteiger charge is 2.34. The number of carbonyl (C=O) groups excluding carboxylic acids is 1. The zero-order valence-corrected chi connectivity index (χ0v) is 13.9. The lowest BCUT2D eigenvalue weighted by molar-refractivity contribution is -0.117. The van der Waals surface area contributed by atoms with E-state index in [-0.39, 0.29) is 24.0 Å². The number of aryl methyl sites for hydroxylation is 2. The molecule has 1 aliphatic heterocycles. The molecule has 1 fully saturated rings. The standard InChI is InChI=1S/C13H16N4O3S2/c1-7-8(2)21-13-11(7)12(15-6-16-13)17-4-9(3-10(17)18)5-22(14,19)20/h6,9H,3-5H2,1-2H3,(H2,14,19,20). The van der Waals surface area contributed by atoms with Crippen molar-refractivity contribution < 1.29 is 13.2 Å². The largest absolute Gasteiger partial charge is 0.296 e. The summed E-state index contributed by atoms with van der Waals surface area (Å²) in [7, 11) is -3.59. The minimum atomic E-state index is -3.59. The fourth-order valence-electron chi connectivity index (χ4n) is 2.79. The van der Waals surface area contributed by atoms with Crippen LogP contribution in [0.3, 0.4) is 0 Å². The van der Waals surface area contributed by atoms with Crippen LogP contribution in [-0.4, -0.2) is 36.6 Å². The van der Waals surface area contributed by atoms with Crippen molar-refractivity contribution in [1.82, 2.24) is 9.97 Å². The van der Waals surface area contributed by atoms with Crippen molar-refractivity contribution in [2.75, 3.05) is 17.2 Å². The molecule has 0 aromatic carbocycles. The monoisotopic (exact) mass is 340 g/mol. The molecular formula is C13H16N4O3S2. The summed E-state index contributed by atoms with van der Waals surface area (Å²) in [5.41, 5.74) is 1.05. The summed E-state index contributed by atoms with van der Waals surface area (Å²) in [6, 6.07) is 0. The fraction of sp³-hybridized carbons (Fsp3) is 0.462. The summed E-state index contributed by atoms with van der Waals surface area (Å²) in [6.07, 6.45) is 1.61. The Morgan fingerprint density at radius 1 is 1.41 bits per heavy atom. The number of thiophene rings is 1. The second kappa shape index (κ2) is 5.25. The van der Waals surface area contributed by atoms with Crippen LogP contribution < -0.4 is 10.0 Å². The molecule has 2 aromatic rings. The Bertz CT molecular complexity index is 860. The summed E-state index contributed by atoms with van der Waals surface area (Å²) < 4.78 is 22.5. The lowest BCUT2D eigenvalue weighted by Crippen LogP contribution is -2.28. The molecule has 1 atom stereocenters. The smallest absolute Gasteiger partial charge is 0.228 e. The summed E-state index contributed by atoms with van der Waals surface area (Å²) in [5, 5.41) is 5.95. The topological polar surface area (TPSA) is 106 Å². The van der Waals surface area contributed by atoms with Crippen molar-refractivity contribution in [1.29, 1.82) is 0 Å². The molecular weight excluding hydrogens is 324 g/mol. The average Bonchev–Trinajstić information content (AvgIpc) is 2.89. The summed E-state index contributed by atoms with van der Waals surface area (Å²) >= 11 is 1.56. The minimum absolute atomic E-state index is 0.128. The fourth-order valence-corrected chi connectivity index (χ4v) is 4.67. The van der Waals surface area contributed by atoms with Crippen LogP contribution in [-0.2, 0) is 14.8 Å². The maximum absolute atomic E-state index is 12.3. The quantitative estimate of drug-likeness (QED) is 0.895. The zero-order valence-electron chi connectivity index (χ0n) is 12.2. The van der Waals surface area contributed by atoms with Gasteiger partial charge in [0.05, 0.1) is 11.1 Å². The van der Waals surface area contributed by atoms with Gasteiger partial charge in [-0.05, 0) is 19.4 Å². The number of hydrogen-bond donors (Lipinski definition) is 1. The van der Waals surface area contributed by atoms with Gasteiger partial charge < -0.3 is 0 Å². The molecule has 9 heteroatoms. The molecule has 2 aromatic heterocycles. The first-order valence-corrected chi connectivity index (χ1v) is 9.31. The van der Waals surface area contributed by atoms with Crippen molar-refractivity contribution in [3.05, 3.63) is 16.8 Å². The number of aromatic nitrogens is 2. The number of rotatable bonds is 3. The van der Waals surface area contributed by atoms with E-state index >= 15 is 0 Å². The predicted octanol–water partition coefficient (Wildman–Crippen LogP) is 0.950. The Hall–Kier alpha value is -1.58. The van der Waals surface area contributed by atoms with Gasteiger partial charge in [0.1, 0.15) is 17.0 Å². The number of sulfonamides is 1. The first-order chi connectivity index (χ1) is 10.3. The third-order valence-corrected chi connectivity index (χ3v) is 5.93. The molecule has 3 heterocycles. The molecule has 3 rings (SSSR count). The van der Waals surface area contributed by atoms with Crippen LogP contribution in [0, 0.1) is 19.8 Å². The lowest BCUT2D eigenvalue weighted by atomic mass is 10.1. The SMILES string of the molecule is Cc1sc2ncnc(N3CC(CS(N)(=O)=O)CC3=O)c2c1C. The second-order valence-corrected chi connectivity index (χ2v) is 8.43. The molecule has 1 unspecified atom stereocenters. The highest BCUT2D eigenvalue weighted by molar-refractivity contribution is 7.89. The van der Waals surface area contributed by atoms with Crippen LogP contribution in [0.15, 0.2) is 6.33 Å². The number of fused-ring (bicyclic) bond motifs is 1. The van der Waals surface area contributed by atoms with Gasteiger partial charge in [-0.2, -0.15) is 0 Å². The van der Waals surface area contributed by atoms with E-state index in [4.69, 9.17) is 5.14 Å². The molecule has 1 aliphatic rings. The van der Waals surface area contributed by atoms with Crippen LogP contribution in [0.1, 0.15) is 16.9 Å². The number of carbonyl (C=O) groups is 1. The predicted molar refractivity (Wildman–Crippen MR) is 85.3 cm³/mol. The molecule has 2 N–H and O–H groups in total. The molecule has 0 aliphatic carbocycles. The van der Waals surface area contributed by atoms with Crippen molar-refractivity contribution in [3.8, 4) is 0 Å². The van der Waals surface area contributed by atoms with Gasteiger partial charge in [0, 0.05) is 23.8 Å². The minimum Gasteiger partial charge on any atom is -0.296 e. The van der Waals surface area contributed by atoms with E-state index in [1.54, 1.807) is 16.2 Å². The second-order valence-electron chi connectivity index (χ2n) is 5.56. The Kier molecular flexibility index (Phi) is 3.66. The molecule has 1 amide bonds. The number of amides is 1. The molecule has 7 nitrogen and oxygen atoms in total. The number of hydrogen-bond acceptors (Lipinski definition) is 6. The number of nitrogens with two attached hydrogens (primary N) is 1. The maximum atomic E-state index is 12.3. The van der Waals surface area contributed by atoms with Crippen LogP contribution >= 0.6 is 11.3 Å². The van der Waals surface area contributed by atoms with E-state index < -0.39 is 10.0 Å². The Balaban J connectivity index is 2.00. The average molecular weight is 340 g/mol. The molecule has 0 spiro atoms. The van der Waals surface area contributed by atoms with Crippen molar-refractivity contribution in [2.24, 2.45) is 11.1 Å². The van der Waals surface area contributed by atoms with Gasteiger partial charge in [0.2, 0.25) is 15.9 Å². The number of anilines is 1. The molecule has 0 bridgehead atoms. The molecule has 22 heavy (non-hydrogen) atoms. The third kappa shape index (κ3) is 2.71. The van der Waals surface area contributed by atoms with Crippen LogP contribution in [0.4, 0.5) is 5.82 Å². The van der Waals surface area contributed by atoms with Crippen molar-refractivity contribution in [2.45, 2.75) is 20.3 Å². The molecule has 0 saturated carbocycles. The summed E-state index contributed by atoms with van der Waals surface area (Å²) in [6.45, 7) is 4.29. The Labute approximate surface area is 132 Å². The lowest BCUT2D eigenvalue weighted by Gasteiger charge is -2.16. The van der Waals surface area contributed by atoms with E-state index in [1.165, 1.54) is 6.33 Å². The zero-order chi connectivity index (χ0) is 16.1. The molecule has 1 saturated heterocycles. The summed E-state index contributed by atoms with van der Waals surface area (Å²) in [5.74, 6) is -0.0521.